The van der Waals surface area contributed by atoms with Gasteiger partial charge in [0, 0.05) is 32.6 Å². The molecule has 2 atom stereocenters. The van der Waals surface area contributed by atoms with Gasteiger partial charge in [-0.2, -0.15) is 5.10 Å². The Hall–Kier alpha value is -1.62. The Morgan fingerprint density at radius 1 is 1.40 bits per heavy atom. The van der Waals surface area contributed by atoms with Crippen molar-refractivity contribution >= 4 is 5.97 Å². The van der Waals surface area contributed by atoms with E-state index in [0.29, 0.717) is 11.8 Å². The molecule has 1 fully saturated rings. The van der Waals surface area contributed by atoms with Crippen molar-refractivity contribution < 1.29 is 9.90 Å². The van der Waals surface area contributed by atoms with E-state index in [1.54, 1.807) is 5.57 Å². The molecule has 0 aromatic carbocycles. The minimum Gasteiger partial charge on any atom is -0.481 e. The SMILES string of the molecule is CC1(C)[C@H]2CC=C(CN3CCCn4nc(CCC(=O)O)cc4C3)[C@@H]1C2. The number of hydrogen-bond donors (Lipinski definition) is 1. The fraction of sp³-hybridized carbons (Fsp3) is 0.700. The molecule has 1 aromatic rings. The topological polar surface area (TPSA) is 58.4 Å². The van der Waals surface area contributed by atoms with Crippen molar-refractivity contribution in [1.29, 1.82) is 0 Å². The van der Waals surface area contributed by atoms with Gasteiger partial charge in [0.2, 0.25) is 0 Å². The lowest BCUT2D eigenvalue weighted by Crippen LogP contribution is -2.49. The molecule has 3 aliphatic carbocycles. The molecule has 5 nitrogen and oxygen atoms in total. The summed E-state index contributed by atoms with van der Waals surface area (Å²) in [5.41, 5.74) is 4.28. The second kappa shape index (κ2) is 6.27. The molecule has 1 aromatic heterocycles. The average molecular weight is 343 g/mol. The predicted octanol–water partition coefficient (Wildman–Crippen LogP) is 3.10. The summed E-state index contributed by atoms with van der Waals surface area (Å²) < 4.78 is 2.09. The van der Waals surface area contributed by atoms with Crippen molar-refractivity contribution in [3.05, 3.63) is 29.1 Å². The Morgan fingerprint density at radius 3 is 2.96 bits per heavy atom. The molecule has 25 heavy (non-hydrogen) atoms. The molecule has 0 spiro atoms. The van der Waals surface area contributed by atoms with E-state index in [-0.39, 0.29) is 6.42 Å². The van der Waals surface area contributed by atoms with E-state index in [2.05, 4.69) is 40.7 Å². The maximum Gasteiger partial charge on any atom is 0.303 e. The third-order valence-corrected chi connectivity index (χ3v) is 6.73. The standard InChI is InChI=1S/C20H29N3O2/c1-20(2)15-5-4-14(18(20)10-15)12-22-8-3-9-23-17(13-22)11-16(21-23)6-7-19(24)25/h4,11,15,18H,3,5-10,12-13H2,1-2H3,(H,24,25)/t15-,18-/m0/s1. The number of aryl methyl sites for hydroxylation is 2. The van der Waals surface area contributed by atoms with Crippen LogP contribution in [0.2, 0.25) is 0 Å². The molecule has 2 bridgehead atoms. The molecule has 4 aliphatic rings. The summed E-state index contributed by atoms with van der Waals surface area (Å²) in [5, 5.41) is 13.5. The lowest BCUT2D eigenvalue weighted by molar-refractivity contribution is -0.136. The number of carbonyl (C=O) groups is 1. The van der Waals surface area contributed by atoms with E-state index in [9.17, 15) is 4.79 Å². The van der Waals surface area contributed by atoms with Crippen molar-refractivity contribution in [3.63, 3.8) is 0 Å². The molecule has 1 N–H and O–H groups in total. The third-order valence-electron chi connectivity index (χ3n) is 6.73. The van der Waals surface area contributed by atoms with Crippen LogP contribution in [-0.2, 0) is 24.3 Å². The third kappa shape index (κ3) is 3.14. The van der Waals surface area contributed by atoms with Crippen LogP contribution in [0.1, 0.15) is 50.9 Å². The van der Waals surface area contributed by atoms with Crippen LogP contribution in [0.3, 0.4) is 0 Å². The highest BCUT2D eigenvalue weighted by molar-refractivity contribution is 5.66. The highest BCUT2D eigenvalue weighted by atomic mass is 16.4. The van der Waals surface area contributed by atoms with Gasteiger partial charge in [-0.05, 0) is 42.6 Å². The van der Waals surface area contributed by atoms with Crippen LogP contribution in [0.5, 0.6) is 0 Å². The smallest absolute Gasteiger partial charge is 0.303 e. The van der Waals surface area contributed by atoms with Crippen molar-refractivity contribution in [1.82, 2.24) is 14.7 Å². The maximum absolute atomic E-state index is 10.8. The van der Waals surface area contributed by atoms with Crippen LogP contribution >= 0.6 is 0 Å². The van der Waals surface area contributed by atoms with Crippen molar-refractivity contribution in [3.8, 4) is 0 Å². The lowest BCUT2D eigenvalue weighted by atomic mass is 9.49. The second-order valence-corrected chi connectivity index (χ2v) is 8.63. The molecule has 1 saturated carbocycles. The van der Waals surface area contributed by atoms with Gasteiger partial charge in [0.05, 0.1) is 17.8 Å². The Morgan fingerprint density at radius 2 is 2.24 bits per heavy atom. The largest absolute Gasteiger partial charge is 0.481 e. The minimum absolute atomic E-state index is 0.158. The van der Waals surface area contributed by atoms with Gasteiger partial charge >= 0.3 is 5.97 Å². The minimum atomic E-state index is -0.754. The Kier molecular flexibility index (Phi) is 4.22. The molecule has 0 unspecified atom stereocenters. The molecule has 0 radical (unpaired) electrons. The van der Waals surface area contributed by atoms with Crippen LogP contribution in [0.15, 0.2) is 17.7 Å². The molecular weight excluding hydrogens is 314 g/mol. The number of aromatic nitrogens is 2. The normalized spacial score (nSPS) is 27.8. The van der Waals surface area contributed by atoms with Crippen LogP contribution < -0.4 is 0 Å². The molecule has 5 rings (SSSR count). The van der Waals surface area contributed by atoms with Crippen molar-refractivity contribution in [2.24, 2.45) is 17.3 Å². The van der Waals surface area contributed by atoms with Gasteiger partial charge in [-0.15, -0.1) is 0 Å². The molecule has 1 aliphatic heterocycles. The summed E-state index contributed by atoms with van der Waals surface area (Å²) in [6.45, 7) is 8.93. The molecule has 5 heteroatoms. The number of rotatable bonds is 5. The summed E-state index contributed by atoms with van der Waals surface area (Å²) in [5.74, 6) is 0.907. The Labute approximate surface area is 149 Å². The van der Waals surface area contributed by atoms with Gasteiger partial charge < -0.3 is 5.11 Å². The first-order valence-electron chi connectivity index (χ1n) is 9.62. The van der Waals surface area contributed by atoms with Gasteiger partial charge in [0.15, 0.2) is 0 Å². The van der Waals surface area contributed by atoms with E-state index in [4.69, 9.17) is 5.11 Å². The van der Waals surface area contributed by atoms with Gasteiger partial charge in [0.1, 0.15) is 0 Å². The fourth-order valence-electron chi connectivity index (χ4n) is 4.99. The van der Waals surface area contributed by atoms with Crippen LogP contribution in [0.25, 0.3) is 0 Å². The van der Waals surface area contributed by atoms with Crippen LogP contribution in [-0.4, -0.2) is 38.8 Å². The fourth-order valence-corrected chi connectivity index (χ4v) is 4.99. The van der Waals surface area contributed by atoms with E-state index in [1.807, 2.05) is 0 Å². The summed E-state index contributed by atoms with van der Waals surface area (Å²) in [6, 6.07) is 2.11. The van der Waals surface area contributed by atoms with E-state index in [0.717, 1.165) is 50.1 Å². The summed E-state index contributed by atoms with van der Waals surface area (Å²) in [6.07, 6.45) is 6.93. The zero-order chi connectivity index (χ0) is 17.6. The van der Waals surface area contributed by atoms with Gasteiger partial charge in [-0.25, -0.2) is 0 Å². The average Bonchev–Trinajstić information content (AvgIpc) is 2.85. The first-order chi connectivity index (χ1) is 11.9. The Bertz CT molecular complexity index is 704. The molecule has 0 amide bonds. The van der Waals surface area contributed by atoms with E-state index in [1.165, 1.54) is 18.5 Å². The molecule has 0 saturated heterocycles. The zero-order valence-electron chi connectivity index (χ0n) is 15.4. The highest BCUT2D eigenvalue weighted by Crippen LogP contribution is 2.59. The van der Waals surface area contributed by atoms with Crippen LogP contribution in [0, 0.1) is 17.3 Å². The summed E-state index contributed by atoms with van der Waals surface area (Å²) in [7, 11) is 0. The molecule has 136 valence electrons. The number of allylic oxidation sites excluding steroid dienone is 1. The second-order valence-electron chi connectivity index (χ2n) is 8.63. The monoisotopic (exact) mass is 343 g/mol. The van der Waals surface area contributed by atoms with Crippen molar-refractivity contribution in [2.75, 3.05) is 13.1 Å². The molecule has 2 heterocycles. The van der Waals surface area contributed by atoms with E-state index < -0.39 is 5.97 Å². The number of aliphatic carboxylic acids is 1. The lowest BCUT2D eigenvalue weighted by Gasteiger charge is -2.57. The number of hydrogen-bond acceptors (Lipinski definition) is 3. The van der Waals surface area contributed by atoms with Gasteiger partial charge in [-0.1, -0.05) is 25.5 Å². The first-order valence-corrected chi connectivity index (χ1v) is 9.62. The van der Waals surface area contributed by atoms with E-state index >= 15 is 0 Å². The highest BCUT2D eigenvalue weighted by Gasteiger charge is 2.51. The summed E-state index contributed by atoms with van der Waals surface area (Å²) >= 11 is 0. The van der Waals surface area contributed by atoms with Gasteiger partial charge in [0.25, 0.3) is 0 Å². The quantitative estimate of drug-likeness (QED) is 0.835. The van der Waals surface area contributed by atoms with Crippen molar-refractivity contribution in [2.45, 2.75) is 59.0 Å². The number of fused-ring (bicyclic) bond motifs is 2. The number of carboxylic acid groups (broad SMARTS) is 1. The number of nitrogens with zero attached hydrogens (tertiary/aromatic N) is 3. The molecular formula is C20H29N3O2. The number of carboxylic acids is 1. The maximum atomic E-state index is 10.8. The van der Waals surface area contributed by atoms with Crippen LogP contribution in [0.4, 0.5) is 0 Å². The van der Waals surface area contributed by atoms with Gasteiger partial charge in [-0.3, -0.25) is 14.4 Å². The predicted molar refractivity (Wildman–Crippen MR) is 96.2 cm³/mol. The Balaban J connectivity index is 1.43. The first kappa shape index (κ1) is 16.8. The zero-order valence-corrected chi connectivity index (χ0v) is 15.4. The summed E-state index contributed by atoms with van der Waals surface area (Å²) in [4.78, 5) is 13.3.